The highest BCUT2D eigenvalue weighted by atomic mass is 15.2. The topological polar surface area (TPSA) is 15.3 Å². The maximum absolute atomic E-state index is 3.55. The molecule has 3 rings (SSSR count). The van der Waals surface area contributed by atoms with Crippen molar-refractivity contribution < 1.29 is 0 Å². The Balaban J connectivity index is 1.74. The maximum atomic E-state index is 3.55. The molecule has 2 atom stereocenters. The van der Waals surface area contributed by atoms with E-state index in [1.807, 2.05) is 0 Å². The molecule has 2 nitrogen and oxygen atoms in total. The highest BCUT2D eigenvalue weighted by Gasteiger charge is 2.34. The van der Waals surface area contributed by atoms with Gasteiger partial charge in [0.2, 0.25) is 0 Å². The number of hydrogen-bond acceptors (Lipinski definition) is 2. The van der Waals surface area contributed by atoms with Crippen LogP contribution >= 0.6 is 0 Å². The summed E-state index contributed by atoms with van der Waals surface area (Å²) < 4.78 is 0. The summed E-state index contributed by atoms with van der Waals surface area (Å²) in [4.78, 5) is 2.72. The number of nitrogens with one attached hydrogen (secondary N) is 1. The smallest absolute Gasteiger partial charge is 0.0240 e. The lowest BCUT2D eigenvalue weighted by Gasteiger charge is -2.27. The Hall–Kier alpha value is -0.860. The molecule has 0 spiro atoms. The van der Waals surface area contributed by atoms with Gasteiger partial charge in [0.15, 0.2) is 0 Å². The molecular weight excluding hydrogens is 196 g/mol. The van der Waals surface area contributed by atoms with E-state index in [1.165, 1.54) is 37.9 Å². The van der Waals surface area contributed by atoms with Gasteiger partial charge in [-0.2, -0.15) is 0 Å². The number of fused-ring (bicyclic) bond motifs is 2. The molecular formula is C14H20N2. The Bertz CT molecular complexity index is 322. The highest BCUT2D eigenvalue weighted by molar-refractivity contribution is 5.15. The van der Waals surface area contributed by atoms with Crippen molar-refractivity contribution in [2.24, 2.45) is 0 Å². The quantitative estimate of drug-likeness (QED) is 0.813. The second-order valence-electron chi connectivity index (χ2n) is 5.04. The minimum atomic E-state index is 0.771. The lowest BCUT2D eigenvalue weighted by atomic mass is 10.1. The van der Waals surface area contributed by atoms with E-state index in [1.54, 1.807) is 0 Å². The summed E-state index contributed by atoms with van der Waals surface area (Å²) in [5, 5.41) is 3.55. The molecule has 2 saturated heterocycles. The first kappa shape index (κ1) is 10.3. The van der Waals surface area contributed by atoms with Crippen molar-refractivity contribution in [2.75, 3.05) is 13.1 Å². The molecule has 0 saturated carbocycles. The zero-order chi connectivity index (χ0) is 10.8. The molecule has 0 aliphatic carbocycles. The molecule has 1 N–H and O–H groups in total. The number of rotatable bonds is 2. The molecule has 2 heterocycles. The van der Waals surface area contributed by atoms with Crippen LogP contribution in [0.15, 0.2) is 30.3 Å². The van der Waals surface area contributed by atoms with Crippen LogP contribution in [0.3, 0.4) is 0 Å². The van der Waals surface area contributed by atoms with E-state index in [0.717, 1.165) is 18.6 Å². The number of hydrogen-bond donors (Lipinski definition) is 1. The normalized spacial score (nSPS) is 30.2. The minimum absolute atomic E-state index is 0.771. The van der Waals surface area contributed by atoms with E-state index in [-0.39, 0.29) is 0 Å². The van der Waals surface area contributed by atoms with Crippen molar-refractivity contribution in [2.45, 2.75) is 37.9 Å². The lowest BCUT2D eigenvalue weighted by molar-refractivity contribution is 0.193. The standard InChI is InChI=1S/C14H20N2/c1-2-4-12(5-3-1)11-16-13-6-7-14(16)10-15-9-8-13/h1-5,13-15H,6-11H2/t13-,14+/m0/s1. The monoisotopic (exact) mass is 216 g/mol. The summed E-state index contributed by atoms with van der Waals surface area (Å²) >= 11 is 0. The summed E-state index contributed by atoms with van der Waals surface area (Å²) in [6.07, 6.45) is 4.10. The molecule has 2 aliphatic heterocycles. The summed E-state index contributed by atoms with van der Waals surface area (Å²) in [6.45, 7) is 3.52. The van der Waals surface area contributed by atoms with Crippen molar-refractivity contribution in [1.82, 2.24) is 10.2 Å². The molecule has 2 bridgehead atoms. The second-order valence-corrected chi connectivity index (χ2v) is 5.04. The Morgan fingerprint density at radius 2 is 1.88 bits per heavy atom. The van der Waals surface area contributed by atoms with Gasteiger partial charge in [-0.05, 0) is 31.4 Å². The average molecular weight is 216 g/mol. The van der Waals surface area contributed by atoms with Gasteiger partial charge in [-0.25, -0.2) is 0 Å². The lowest BCUT2D eigenvalue weighted by Crippen LogP contribution is -2.37. The largest absolute Gasteiger partial charge is 0.315 e. The average Bonchev–Trinajstić information content (AvgIpc) is 2.54. The van der Waals surface area contributed by atoms with Crippen LogP contribution < -0.4 is 5.32 Å². The van der Waals surface area contributed by atoms with Gasteiger partial charge in [0.05, 0.1) is 0 Å². The van der Waals surface area contributed by atoms with Crippen LogP contribution in [-0.2, 0) is 6.54 Å². The van der Waals surface area contributed by atoms with E-state index in [4.69, 9.17) is 0 Å². The fraction of sp³-hybridized carbons (Fsp3) is 0.571. The van der Waals surface area contributed by atoms with Crippen molar-refractivity contribution >= 4 is 0 Å². The Morgan fingerprint density at radius 1 is 1.06 bits per heavy atom. The zero-order valence-corrected chi connectivity index (χ0v) is 9.73. The molecule has 16 heavy (non-hydrogen) atoms. The summed E-state index contributed by atoms with van der Waals surface area (Å²) in [5.74, 6) is 0. The number of benzene rings is 1. The van der Waals surface area contributed by atoms with Crippen molar-refractivity contribution in [3.05, 3.63) is 35.9 Å². The molecule has 0 amide bonds. The van der Waals surface area contributed by atoms with Crippen LogP contribution in [0.25, 0.3) is 0 Å². The molecule has 0 radical (unpaired) electrons. The molecule has 0 aromatic heterocycles. The molecule has 0 unspecified atom stereocenters. The van der Waals surface area contributed by atoms with Gasteiger partial charge in [0.25, 0.3) is 0 Å². The fourth-order valence-electron chi connectivity index (χ4n) is 3.13. The van der Waals surface area contributed by atoms with Crippen LogP contribution in [0.4, 0.5) is 0 Å². The van der Waals surface area contributed by atoms with Gasteiger partial charge >= 0.3 is 0 Å². The van der Waals surface area contributed by atoms with Crippen LogP contribution in [-0.4, -0.2) is 30.1 Å². The third kappa shape index (κ3) is 2.00. The second kappa shape index (κ2) is 4.56. The third-order valence-electron chi connectivity index (χ3n) is 4.01. The van der Waals surface area contributed by atoms with Gasteiger partial charge in [-0.15, -0.1) is 0 Å². The van der Waals surface area contributed by atoms with Gasteiger partial charge < -0.3 is 5.32 Å². The Labute approximate surface area is 97.6 Å². The molecule has 2 aliphatic rings. The fourth-order valence-corrected chi connectivity index (χ4v) is 3.13. The van der Waals surface area contributed by atoms with Crippen LogP contribution in [0.1, 0.15) is 24.8 Å². The number of nitrogens with zero attached hydrogens (tertiary/aromatic N) is 1. The minimum Gasteiger partial charge on any atom is -0.315 e. The van der Waals surface area contributed by atoms with Crippen LogP contribution in [0.2, 0.25) is 0 Å². The predicted octanol–water partition coefficient (Wildman–Crippen LogP) is 2.01. The zero-order valence-electron chi connectivity index (χ0n) is 9.73. The van der Waals surface area contributed by atoms with E-state index in [9.17, 15) is 0 Å². The van der Waals surface area contributed by atoms with Gasteiger partial charge in [-0.1, -0.05) is 30.3 Å². The third-order valence-corrected chi connectivity index (χ3v) is 4.01. The summed E-state index contributed by atoms with van der Waals surface area (Å²) in [5.41, 5.74) is 1.46. The first-order chi connectivity index (χ1) is 7.93. The first-order valence-corrected chi connectivity index (χ1v) is 6.44. The van der Waals surface area contributed by atoms with Gasteiger partial charge in [0, 0.05) is 25.2 Å². The molecule has 1 aromatic rings. The van der Waals surface area contributed by atoms with E-state index < -0.39 is 0 Å². The first-order valence-electron chi connectivity index (χ1n) is 6.44. The summed E-state index contributed by atoms with van der Waals surface area (Å²) in [6, 6.07) is 12.5. The maximum Gasteiger partial charge on any atom is 0.0240 e. The van der Waals surface area contributed by atoms with Crippen molar-refractivity contribution in [3.63, 3.8) is 0 Å². The molecule has 86 valence electrons. The van der Waals surface area contributed by atoms with E-state index in [0.29, 0.717) is 0 Å². The summed E-state index contributed by atoms with van der Waals surface area (Å²) in [7, 11) is 0. The van der Waals surface area contributed by atoms with Gasteiger partial charge in [0.1, 0.15) is 0 Å². The Morgan fingerprint density at radius 3 is 2.75 bits per heavy atom. The molecule has 2 fully saturated rings. The predicted molar refractivity (Wildman–Crippen MR) is 66.3 cm³/mol. The SMILES string of the molecule is c1ccc(CN2[C@@H]3CCNC[C@H]2CC3)cc1. The highest BCUT2D eigenvalue weighted by Crippen LogP contribution is 2.29. The molecule has 2 heteroatoms. The van der Waals surface area contributed by atoms with Gasteiger partial charge in [-0.3, -0.25) is 4.90 Å². The van der Waals surface area contributed by atoms with E-state index in [2.05, 4.69) is 40.5 Å². The molecule has 1 aromatic carbocycles. The Kier molecular flexibility index (Phi) is 2.94. The van der Waals surface area contributed by atoms with Crippen molar-refractivity contribution in [1.29, 1.82) is 0 Å². The van der Waals surface area contributed by atoms with E-state index >= 15 is 0 Å². The van der Waals surface area contributed by atoms with Crippen molar-refractivity contribution in [3.8, 4) is 0 Å². The van der Waals surface area contributed by atoms with Crippen LogP contribution in [0.5, 0.6) is 0 Å². The van der Waals surface area contributed by atoms with Crippen LogP contribution in [0, 0.1) is 0 Å².